The zero-order valence-corrected chi connectivity index (χ0v) is 19.4. The van der Waals surface area contributed by atoms with E-state index < -0.39 is 0 Å². The van der Waals surface area contributed by atoms with Gasteiger partial charge in [0.1, 0.15) is 0 Å². The third-order valence-electron chi connectivity index (χ3n) is 4.89. The molecule has 0 fully saturated rings. The van der Waals surface area contributed by atoms with E-state index in [0.717, 1.165) is 42.6 Å². The number of hydrogen-bond acceptors (Lipinski definition) is 6. The summed E-state index contributed by atoms with van der Waals surface area (Å²) in [6.07, 6.45) is 0.868. The Balaban J connectivity index is 1.59. The summed E-state index contributed by atoms with van der Waals surface area (Å²) in [5, 5.41) is 14.5. The van der Waals surface area contributed by atoms with Gasteiger partial charge < -0.3 is 14.8 Å². The molecular weight excluding hydrogens is 414 g/mol. The van der Waals surface area contributed by atoms with E-state index in [1.54, 1.807) is 11.3 Å². The van der Waals surface area contributed by atoms with Crippen molar-refractivity contribution in [1.82, 2.24) is 20.1 Å². The molecule has 0 aliphatic heterocycles. The van der Waals surface area contributed by atoms with Gasteiger partial charge >= 0.3 is 0 Å². The Morgan fingerprint density at radius 3 is 2.53 bits per heavy atom. The number of benzene rings is 1. The Hall–Kier alpha value is -2.32. The highest BCUT2D eigenvalue weighted by molar-refractivity contribution is 7.99. The highest BCUT2D eigenvalue weighted by atomic mass is 32.2. The summed E-state index contributed by atoms with van der Waals surface area (Å²) < 4.78 is 2.07. The van der Waals surface area contributed by atoms with E-state index in [-0.39, 0.29) is 5.91 Å². The molecule has 0 unspecified atom stereocenters. The average molecular weight is 444 g/mol. The molecule has 0 spiro atoms. The zero-order chi connectivity index (χ0) is 21.3. The maximum absolute atomic E-state index is 12.2. The molecule has 8 heteroatoms. The first kappa shape index (κ1) is 22.4. The van der Waals surface area contributed by atoms with E-state index >= 15 is 0 Å². The van der Waals surface area contributed by atoms with Crippen LogP contribution in [0, 0.1) is 0 Å². The second-order valence-corrected chi connectivity index (χ2v) is 8.71. The third-order valence-corrected chi connectivity index (χ3v) is 6.80. The van der Waals surface area contributed by atoms with Gasteiger partial charge in [0.05, 0.1) is 5.75 Å². The van der Waals surface area contributed by atoms with Crippen molar-refractivity contribution in [2.75, 3.05) is 30.3 Å². The Kier molecular flexibility index (Phi) is 8.33. The summed E-state index contributed by atoms with van der Waals surface area (Å²) in [6.45, 7) is 9.77. The van der Waals surface area contributed by atoms with Crippen molar-refractivity contribution in [3.63, 3.8) is 0 Å². The lowest BCUT2D eigenvalue weighted by Gasteiger charge is -2.21. The molecule has 3 rings (SSSR count). The van der Waals surface area contributed by atoms with E-state index in [2.05, 4.69) is 81.5 Å². The number of hydrogen-bond donors (Lipinski definition) is 1. The number of nitrogens with zero attached hydrogens (tertiary/aromatic N) is 4. The van der Waals surface area contributed by atoms with Crippen LogP contribution in [0.5, 0.6) is 0 Å². The minimum absolute atomic E-state index is 0.0207. The van der Waals surface area contributed by atoms with Crippen LogP contribution in [-0.2, 0) is 17.8 Å². The van der Waals surface area contributed by atoms with Gasteiger partial charge in [-0.1, -0.05) is 17.8 Å². The highest BCUT2D eigenvalue weighted by Gasteiger charge is 2.15. The van der Waals surface area contributed by atoms with Gasteiger partial charge in [0.15, 0.2) is 11.0 Å². The molecule has 30 heavy (non-hydrogen) atoms. The van der Waals surface area contributed by atoms with Gasteiger partial charge in [-0.2, -0.15) is 0 Å². The second kappa shape index (κ2) is 11.2. The van der Waals surface area contributed by atoms with Crippen LogP contribution in [0.4, 0.5) is 5.69 Å². The maximum atomic E-state index is 12.2. The van der Waals surface area contributed by atoms with E-state index in [0.29, 0.717) is 12.3 Å². The Bertz CT molecular complexity index is 918. The lowest BCUT2D eigenvalue weighted by Crippen LogP contribution is -2.27. The first-order chi connectivity index (χ1) is 14.7. The number of amides is 1. The van der Waals surface area contributed by atoms with Crippen molar-refractivity contribution in [3.05, 3.63) is 46.7 Å². The predicted octanol–water partition coefficient (Wildman–Crippen LogP) is 4.32. The fourth-order valence-corrected chi connectivity index (χ4v) is 4.81. The molecule has 160 valence electrons. The van der Waals surface area contributed by atoms with Crippen molar-refractivity contribution in [1.29, 1.82) is 0 Å². The first-order valence-electron chi connectivity index (χ1n) is 10.4. The molecular formula is C22H29N5OS2. The molecule has 0 saturated carbocycles. The summed E-state index contributed by atoms with van der Waals surface area (Å²) in [5.41, 5.74) is 2.24. The lowest BCUT2D eigenvalue weighted by molar-refractivity contribution is -0.118. The quantitative estimate of drug-likeness (QED) is 0.447. The summed E-state index contributed by atoms with van der Waals surface area (Å²) in [5.74, 6) is 1.19. The Labute approximate surface area is 186 Å². The van der Waals surface area contributed by atoms with Crippen LogP contribution in [0.15, 0.2) is 46.9 Å². The number of nitrogens with one attached hydrogen (secondary N) is 1. The van der Waals surface area contributed by atoms with E-state index in [4.69, 9.17) is 0 Å². The van der Waals surface area contributed by atoms with Crippen LogP contribution in [0.3, 0.4) is 0 Å². The van der Waals surface area contributed by atoms with Crippen molar-refractivity contribution in [2.24, 2.45) is 0 Å². The monoisotopic (exact) mass is 443 g/mol. The van der Waals surface area contributed by atoms with Crippen LogP contribution in [0.2, 0.25) is 0 Å². The van der Waals surface area contributed by atoms with Gasteiger partial charge in [-0.3, -0.25) is 4.79 Å². The molecule has 0 aliphatic carbocycles. The second-order valence-electron chi connectivity index (χ2n) is 6.74. The van der Waals surface area contributed by atoms with Gasteiger partial charge in [0.2, 0.25) is 5.91 Å². The van der Waals surface area contributed by atoms with Crippen molar-refractivity contribution >= 4 is 34.7 Å². The lowest BCUT2D eigenvalue weighted by atomic mass is 10.2. The molecule has 0 aliphatic rings. The van der Waals surface area contributed by atoms with Crippen LogP contribution < -0.4 is 10.2 Å². The molecule has 1 aromatic carbocycles. The van der Waals surface area contributed by atoms with Gasteiger partial charge in [0.25, 0.3) is 0 Å². The highest BCUT2D eigenvalue weighted by Crippen LogP contribution is 2.26. The van der Waals surface area contributed by atoms with E-state index in [1.807, 2.05) is 6.07 Å². The van der Waals surface area contributed by atoms with Crippen LogP contribution in [-0.4, -0.2) is 46.1 Å². The molecule has 3 aromatic rings. The van der Waals surface area contributed by atoms with Crippen molar-refractivity contribution in [2.45, 2.75) is 38.9 Å². The largest absolute Gasteiger partial charge is 0.372 e. The maximum Gasteiger partial charge on any atom is 0.230 e. The first-order valence-corrected chi connectivity index (χ1v) is 12.2. The number of carbonyl (C=O) groups excluding carboxylic acids is 1. The fraction of sp³-hybridized carbons (Fsp3) is 0.409. The van der Waals surface area contributed by atoms with Crippen LogP contribution >= 0.6 is 23.1 Å². The van der Waals surface area contributed by atoms with Crippen molar-refractivity contribution in [3.8, 4) is 11.4 Å². The SMILES string of the molecule is CCN(CC)c1ccc(-c2nnc(SCC(=O)NCCc3cccs3)n2CC)cc1. The zero-order valence-electron chi connectivity index (χ0n) is 17.8. The number of anilines is 1. The third kappa shape index (κ3) is 5.64. The van der Waals surface area contributed by atoms with Gasteiger partial charge in [-0.05, 0) is 62.9 Å². The van der Waals surface area contributed by atoms with Gasteiger partial charge in [-0.25, -0.2) is 0 Å². The average Bonchev–Trinajstić information content (AvgIpc) is 3.43. The number of thioether (sulfide) groups is 1. The minimum Gasteiger partial charge on any atom is -0.372 e. The smallest absolute Gasteiger partial charge is 0.230 e. The summed E-state index contributed by atoms with van der Waals surface area (Å²) in [7, 11) is 0. The van der Waals surface area contributed by atoms with Crippen molar-refractivity contribution < 1.29 is 4.79 Å². The molecule has 2 heterocycles. The molecule has 6 nitrogen and oxygen atoms in total. The molecule has 1 N–H and O–H groups in total. The van der Waals surface area contributed by atoms with Gasteiger partial charge in [0, 0.05) is 42.3 Å². The summed E-state index contributed by atoms with van der Waals surface area (Å²) >= 11 is 3.14. The number of thiophene rings is 1. The molecule has 0 saturated heterocycles. The normalized spacial score (nSPS) is 10.9. The molecule has 2 aromatic heterocycles. The number of rotatable bonds is 11. The van der Waals surface area contributed by atoms with E-state index in [1.165, 1.54) is 22.3 Å². The van der Waals surface area contributed by atoms with Crippen LogP contribution in [0.25, 0.3) is 11.4 Å². The van der Waals surface area contributed by atoms with Crippen LogP contribution in [0.1, 0.15) is 25.6 Å². The van der Waals surface area contributed by atoms with E-state index in [9.17, 15) is 4.79 Å². The minimum atomic E-state index is 0.0207. The number of aromatic nitrogens is 3. The molecule has 1 amide bonds. The topological polar surface area (TPSA) is 63.1 Å². The Morgan fingerprint density at radius 1 is 1.13 bits per heavy atom. The molecule has 0 radical (unpaired) electrons. The summed E-state index contributed by atoms with van der Waals surface area (Å²) in [6, 6.07) is 12.6. The predicted molar refractivity (Wildman–Crippen MR) is 126 cm³/mol. The van der Waals surface area contributed by atoms with Gasteiger partial charge in [-0.15, -0.1) is 21.5 Å². The molecule has 0 bridgehead atoms. The Morgan fingerprint density at radius 2 is 1.90 bits per heavy atom. The fourth-order valence-electron chi connectivity index (χ4n) is 3.27. The summed E-state index contributed by atoms with van der Waals surface area (Å²) in [4.78, 5) is 15.8. The number of carbonyl (C=O) groups is 1. The standard InChI is InChI=1S/C22H29N5OS2/c1-4-26(5-2)18-11-9-17(10-12-18)21-24-25-22(27(21)6-3)30-16-20(28)23-14-13-19-8-7-15-29-19/h7-12,15H,4-6,13-14,16H2,1-3H3,(H,23,28). The molecule has 0 atom stereocenters.